The van der Waals surface area contributed by atoms with Crippen molar-refractivity contribution in [3.05, 3.63) is 47.0 Å². The number of nitrogens with zero attached hydrogens (tertiary/aromatic N) is 1. The van der Waals surface area contributed by atoms with Gasteiger partial charge in [0.05, 0.1) is 16.7 Å². The van der Waals surface area contributed by atoms with Crippen molar-refractivity contribution in [1.29, 1.82) is 0 Å². The molecule has 6 nitrogen and oxygen atoms in total. The van der Waals surface area contributed by atoms with Gasteiger partial charge < -0.3 is 14.6 Å². The molecule has 4 rings (SSSR count). The Labute approximate surface area is 150 Å². The lowest BCUT2D eigenvalue weighted by Crippen LogP contribution is -2.36. The molecule has 0 saturated heterocycles. The quantitative estimate of drug-likeness (QED) is 0.865. The molecule has 2 aromatic rings. The van der Waals surface area contributed by atoms with Crippen LogP contribution in [0, 0.1) is 0 Å². The van der Waals surface area contributed by atoms with E-state index in [0.29, 0.717) is 47.4 Å². The van der Waals surface area contributed by atoms with E-state index < -0.39 is 16.1 Å². The van der Waals surface area contributed by atoms with Crippen molar-refractivity contribution < 1.29 is 23.0 Å². The third-order valence-corrected chi connectivity index (χ3v) is 6.37. The normalized spacial score (nSPS) is 19.4. The van der Waals surface area contributed by atoms with Gasteiger partial charge in [-0.3, -0.25) is 4.31 Å². The summed E-state index contributed by atoms with van der Waals surface area (Å²) in [6.45, 7) is 1.01. The molecule has 132 valence electrons. The van der Waals surface area contributed by atoms with Gasteiger partial charge >= 0.3 is 0 Å². The third-order valence-electron chi connectivity index (χ3n) is 4.32. The number of fused-ring (bicyclic) bond motifs is 2. The van der Waals surface area contributed by atoms with E-state index in [9.17, 15) is 13.5 Å². The summed E-state index contributed by atoms with van der Waals surface area (Å²) in [5.41, 5.74) is 0.956. The van der Waals surface area contributed by atoms with Crippen LogP contribution in [-0.2, 0) is 10.0 Å². The molecule has 0 radical (unpaired) electrons. The average molecular weight is 382 g/mol. The number of rotatable bonds is 2. The molecular formula is C17H16ClNO5S. The molecule has 2 heterocycles. The SMILES string of the molecule is O=S(=O)(c1ccc2c(c1)OCCO2)N1CCC(O)c2cc(Cl)ccc21. The number of ether oxygens (including phenoxy) is 2. The lowest BCUT2D eigenvalue weighted by Gasteiger charge is -2.33. The van der Waals surface area contributed by atoms with Gasteiger partial charge in [0, 0.05) is 23.2 Å². The Morgan fingerprint density at radius 1 is 1.08 bits per heavy atom. The van der Waals surface area contributed by atoms with E-state index in [2.05, 4.69) is 0 Å². The number of anilines is 1. The summed E-state index contributed by atoms with van der Waals surface area (Å²) in [6.07, 6.45) is -0.433. The Morgan fingerprint density at radius 3 is 2.64 bits per heavy atom. The summed E-state index contributed by atoms with van der Waals surface area (Å²) in [6, 6.07) is 9.42. The van der Waals surface area contributed by atoms with Gasteiger partial charge in [0.2, 0.25) is 0 Å². The van der Waals surface area contributed by atoms with Crippen LogP contribution < -0.4 is 13.8 Å². The van der Waals surface area contributed by atoms with Gasteiger partial charge in [-0.25, -0.2) is 8.42 Å². The van der Waals surface area contributed by atoms with E-state index in [1.807, 2.05) is 0 Å². The number of hydrogen-bond donors (Lipinski definition) is 1. The molecule has 0 aliphatic carbocycles. The van der Waals surface area contributed by atoms with Crippen LogP contribution in [-0.4, -0.2) is 33.3 Å². The summed E-state index contributed by atoms with van der Waals surface area (Å²) in [4.78, 5) is 0.119. The highest BCUT2D eigenvalue weighted by Crippen LogP contribution is 2.40. The molecule has 0 fully saturated rings. The molecule has 8 heteroatoms. The van der Waals surface area contributed by atoms with Gasteiger partial charge in [-0.15, -0.1) is 0 Å². The van der Waals surface area contributed by atoms with Crippen molar-refractivity contribution in [3.8, 4) is 11.5 Å². The second-order valence-electron chi connectivity index (χ2n) is 5.89. The number of hydrogen-bond acceptors (Lipinski definition) is 5. The van der Waals surface area contributed by atoms with Crippen LogP contribution in [0.15, 0.2) is 41.3 Å². The Morgan fingerprint density at radius 2 is 1.84 bits per heavy atom. The van der Waals surface area contributed by atoms with Gasteiger partial charge in [-0.1, -0.05) is 11.6 Å². The summed E-state index contributed by atoms with van der Waals surface area (Å²) in [5.74, 6) is 0.951. The predicted molar refractivity (Wildman–Crippen MR) is 93.0 cm³/mol. The van der Waals surface area contributed by atoms with Crippen LogP contribution in [0.1, 0.15) is 18.1 Å². The molecule has 25 heavy (non-hydrogen) atoms. The highest BCUT2D eigenvalue weighted by atomic mass is 35.5. The van der Waals surface area contributed by atoms with Crippen LogP contribution >= 0.6 is 11.6 Å². The second kappa shape index (κ2) is 6.09. The highest BCUT2D eigenvalue weighted by Gasteiger charge is 2.33. The van der Waals surface area contributed by atoms with Crippen LogP contribution in [0.4, 0.5) is 5.69 Å². The number of aliphatic hydroxyl groups excluding tert-OH is 1. The van der Waals surface area contributed by atoms with Crippen molar-refractivity contribution in [2.45, 2.75) is 17.4 Å². The summed E-state index contributed by atoms with van der Waals surface area (Å²) < 4.78 is 38.5. The van der Waals surface area contributed by atoms with E-state index in [0.717, 1.165) is 0 Å². The lowest BCUT2D eigenvalue weighted by molar-refractivity contribution is 0.166. The molecule has 0 bridgehead atoms. The molecule has 2 aliphatic heterocycles. The molecule has 0 aromatic heterocycles. The third kappa shape index (κ3) is 2.82. The fourth-order valence-electron chi connectivity index (χ4n) is 3.10. The highest BCUT2D eigenvalue weighted by molar-refractivity contribution is 7.92. The molecule has 2 aliphatic rings. The standard InChI is InChI=1S/C17H16ClNO5S/c18-11-1-3-14-13(9-11)15(20)5-6-19(14)25(21,22)12-2-4-16-17(10-12)24-8-7-23-16/h1-4,9-10,15,20H,5-8H2. The minimum absolute atomic E-state index is 0.119. The Kier molecular flexibility index (Phi) is 4.02. The number of sulfonamides is 1. The molecule has 0 spiro atoms. The van der Waals surface area contributed by atoms with E-state index in [4.69, 9.17) is 21.1 Å². The van der Waals surface area contributed by atoms with Gasteiger partial charge in [0.1, 0.15) is 13.2 Å². The van der Waals surface area contributed by atoms with E-state index in [1.54, 1.807) is 24.3 Å². The monoisotopic (exact) mass is 381 g/mol. The zero-order valence-corrected chi connectivity index (χ0v) is 14.8. The topological polar surface area (TPSA) is 76.1 Å². The first-order valence-electron chi connectivity index (χ1n) is 7.87. The number of benzene rings is 2. The molecule has 0 saturated carbocycles. The largest absolute Gasteiger partial charge is 0.486 e. The molecule has 1 N–H and O–H groups in total. The van der Waals surface area contributed by atoms with Crippen molar-refractivity contribution in [2.75, 3.05) is 24.1 Å². The van der Waals surface area contributed by atoms with Crippen LogP contribution in [0.5, 0.6) is 11.5 Å². The lowest BCUT2D eigenvalue weighted by atomic mass is 10.0. The van der Waals surface area contributed by atoms with E-state index in [-0.39, 0.29) is 11.4 Å². The molecule has 0 amide bonds. The van der Waals surface area contributed by atoms with Gasteiger partial charge in [-0.05, 0) is 36.8 Å². The van der Waals surface area contributed by atoms with Crippen LogP contribution in [0.3, 0.4) is 0 Å². The maximum atomic E-state index is 13.1. The first kappa shape index (κ1) is 16.5. The first-order valence-corrected chi connectivity index (χ1v) is 9.68. The number of halogens is 1. The minimum atomic E-state index is -3.80. The van der Waals surface area contributed by atoms with Crippen LogP contribution in [0.25, 0.3) is 0 Å². The Balaban J connectivity index is 1.78. The van der Waals surface area contributed by atoms with Crippen molar-refractivity contribution in [2.24, 2.45) is 0 Å². The minimum Gasteiger partial charge on any atom is -0.486 e. The number of aliphatic hydroxyl groups is 1. The summed E-state index contributed by atoms with van der Waals surface area (Å²) in [5, 5.41) is 10.6. The van der Waals surface area contributed by atoms with E-state index >= 15 is 0 Å². The van der Waals surface area contributed by atoms with Crippen molar-refractivity contribution >= 4 is 27.3 Å². The Hall–Kier alpha value is -1.96. The predicted octanol–water partition coefficient (Wildman–Crippen LogP) is 2.74. The molecule has 1 unspecified atom stereocenters. The zero-order valence-electron chi connectivity index (χ0n) is 13.2. The summed E-state index contributed by atoms with van der Waals surface area (Å²) in [7, 11) is -3.80. The Bertz CT molecular complexity index is 931. The fraction of sp³-hybridized carbons (Fsp3) is 0.294. The van der Waals surface area contributed by atoms with Gasteiger partial charge in [0.15, 0.2) is 11.5 Å². The maximum Gasteiger partial charge on any atom is 0.264 e. The van der Waals surface area contributed by atoms with Gasteiger partial charge in [-0.2, -0.15) is 0 Å². The maximum absolute atomic E-state index is 13.1. The molecule has 1 atom stereocenters. The smallest absolute Gasteiger partial charge is 0.264 e. The van der Waals surface area contributed by atoms with Gasteiger partial charge in [0.25, 0.3) is 10.0 Å². The van der Waals surface area contributed by atoms with Crippen molar-refractivity contribution in [1.82, 2.24) is 0 Å². The average Bonchev–Trinajstić information content (AvgIpc) is 2.62. The fourth-order valence-corrected chi connectivity index (χ4v) is 4.80. The summed E-state index contributed by atoms with van der Waals surface area (Å²) >= 11 is 5.99. The molecule has 2 aromatic carbocycles. The first-order chi connectivity index (χ1) is 12.0. The molecular weight excluding hydrogens is 366 g/mol. The van der Waals surface area contributed by atoms with E-state index in [1.165, 1.54) is 16.4 Å². The van der Waals surface area contributed by atoms with Crippen LogP contribution in [0.2, 0.25) is 5.02 Å². The zero-order chi connectivity index (χ0) is 17.6. The van der Waals surface area contributed by atoms with Crippen molar-refractivity contribution in [3.63, 3.8) is 0 Å². The second-order valence-corrected chi connectivity index (χ2v) is 8.19.